The van der Waals surface area contributed by atoms with Crippen LogP contribution in [0.4, 0.5) is 5.69 Å². The summed E-state index contributed by atoms with van der Waals surface area (Å²) in [5, 5.41) is 0. The predicted octanol–water partition coefficient (Wildman–Crippen LogP) is 1.83. The summed E-state index contributed by atoms with van der Waals surface area (Å²) in [5.74, 6) is -1.61. The number of carbonyl (C=O) groups is 3. The zero-order chi connectivity index (χ0) is 14.9. The van der Waals surface area contributed by atoms with E-state index in [1.807, 2.05) is 0 Å². The number of benzene rings is 1. The topological polar surface area (TPSA) is 63.7 Å². The largest absolute Gasteiger partial charge is 0.445 e. The molecule has 0 spiro atoms. The molecular formula is C15H15NO4. The van der Waals surface area contributed by atoms with Crippen LogP contribution < -0.4 is 4.90 Å². The lowest BCUT2D eigenvalue weighted by Gasteiger charge is -2.22. The minimum atomic E-state index is -1.47. The van der Waals surface area contributed by atoms with Gasteiger partial charge in [0.15, 0.2) is 5.60 Å². The maximum Gasteiger partial charge on any atom is 0.334 e. The molecule has 1 fully saturated rings. The molecule has 1 aliphatic heterocycles. The van der Waals surface area contributed by atoms with E-state index in [1.54, 1.807) is 30.3 Å². The standard InChI is InChI=1S/C15H15NO4/c1-10(2)13(18)20-15(3)9-12(17)16(14(15)19)11-7-5-4-6-8-11/h4-8H,1,9H2,2-3H3/t15-/m0/s1. The SMILES string of the molecule is C=C(C)C(=O)O[C@@]1(C)CC(=O)N(c2ccccc2)C1=O. The molecule has 1 saturated heterocycles. The van der Waals surface area contributed by atoms with Gasteiger partial charge in [-0.05, 0) is 26.0 Å². The number of esters is 1. The summed E-state index contributed by atoms with van der Waals surface area (Å²) in [6.07, 6.45) is -0.167. The van der Waals surface area contributed by atoms with Crippen LogP contribution in [0.3, 0.4) is 0 Å². The highest BCUT2D eigenvalue weighted by atomic mass is 16.6. The van der Waals surface area contributed by atoms with Crippen molar-refractivity contribution in [2.24, 2.45) is 0 Å². The number of carbonyl (C=O) groups excluding carboxylic acids is 3. The first-order valence-corrected chi connectivity index (χ1v) is 6.16. The van der Waals surface area contributed by atoms with E-state index in [1.165, 1.54) is 13.8 Å². The third kappa shape index (κ3) is 2.34. The van der Waals surface area contributed by atoms with Crippen LogP contribution in [0.5, 0.6) is 0 Å². The summed E-state index contributed by atoms with van der Waals surface area (Å²) in [5.41, 5.74) is -0.814. The van der Waals surface area contributed by atoms with Crippen LogP contribution >= 0.6 is 0 Å². The Balaban J connectivity index is 2.29. The Morgan fingerprint density at radius 2 is 1.90 bits per heavy atom. The van der Waals surface area contributed by atoms with E-state index >= 15 is 0 Å². The van der Waals surface area contributed by atoms with E-state index in [0.717, 1.165) is 4.90 Å². The van der Waals surface area contributed by atoms with Crippen molar-refractivity contribution in [3.8, 4) is 0 Å². The number of rotatable bonds is 3. The molecule has 1 heterocycles. The summed E-state index contributed by atoms with van der Waals surface area (Å²) in [6.45, 7) is 6.39. The maximum atomic E-state index is 12.4. The summed E-state index contributed by atoms with van der Waals surface area (Å²) in [4.78, 5) is 37.1. The second kappa shape index (κ2) is 4.92. The number of ether oxygens (including phenoxy) is 1. The van der Waals surface area contributed by atoms with Crippen LogP contribution in [0.15, 0.2) is 42.5 Å². The molecule has 0 saturated carbocycles. The van der Waals surface area contributed by atoms with Gasteiger partial charge < -0.3 is 4.74 Å². The molecule has 0 unspecified atom stereocenters. The van der Waals surface area contributed by atoms with Gasteiger partial charge in [-0.3, -0.25) is 9.59 Å². The van der Waals surface area contributed by atoms with Gasteiger partial charge in [0.2, 0.25) is 5.91 Å². The van der Waals surface area contributed by atoms with Crippen molar-refractivity contribution in [2.45, 2.75) is 25.9 Å². The highest BCUT2D eigenvalue weighted by Crippen LogP contribution is 2.32. The molecule has 0 aromatic heterocycles. The van der Waals surface area contributed by atoms with Crippen LogP contribution in [-0.4, -0.2) is 23.4 Å². The van der Waals surface area contributed by atoms with Crippen molar-refractivity contribution >= 4 is 23.5 Å². The lowest BCUT2D eigenvalue weighted by atomic mass is 10.1. The summed E-state index contributed by atoms with van der Waals surface area (Å²) < 4.78 is 5.14. The van der Waals surface area contributed by atoms with Gasteiger partial charge in [-0.2, -0.15) is 0 Å². The highest BCUT2D eigenvalue weighted by Gasteiger charge is 2.52. The van der Waals surface area contributed by atoms with Gasteiger partial charge in [0, 0.05) is 5.57 Å². The minimum absolute atomic E-state index is 0.167. The number of hydrogen-bond donors (Lipinski definition) is 0. The van der Waals surface area contributed by atoms with Crippen LogP contribution in [-0.2, 0) is 19.1 Å². The van der Waals surface area contributed by atoms with Crippen molar-refractivity contribution in [1.82, 2.24) is 0 Å². The minimum Gasteiger partial charge on any atom is -0.445 e. The summed E-state index contributed by atoms with van der Waals surface area (Å²) >= 11 is 0. The Kier molecular flexibility index (Phi) is 3.44. The lowest BCUT2D eigenvalue weighted by Crippen LogP contribution is -2.41. The average Bonchev–Trinajstić information content (AvgIpc) is 2.60. The normalized spacial score (nSPS) is 22.0. The Labute approximate surface area is 116 Å². The molecule has 1 aromatic rings. The Morgan fingerprint density at radius 1 is 1.30 bits per heavy atom. The number of hydrogen-bond acceptors (Lipinski definition) is 4. The number of amides is 2. The first-order valence-electron chi connectivity index (χ1n) is 6.16. The monoisotopic (exact) mass is 273 g/mol. The maximum absolute atomic E-state index is 12.4. The van der Waals surface area contributed by atoms with Crippen molar-refractivity contribution < 1.29 is 19.1 Å². The number of anilines is 1. The molecule has 0 N–H and O–H groups in total. The van der Waals surface area contributed by atoms with Gasteiger partial charge in [-0.1, -0.05) is 24.8 Å². The third-order valence-corrected chi connectivity index (χ3v) is 3.07. The van der Waals surface area contributed by atoms with Crippen molar-refractivity contribution in [3.05, 3.63) is 42.5 Å². The van der Waals surface area contributed by atoms with Crippen LogP contribution in [0.25, 0.3) is 0 Å². The molecule has 5 nitrogen and oxygen atoms in total. The fourth-order valence-electron chi connectivity index (χ4n) is 2.00. The van der Waals surface area contributed by atoms with Crippen molar-refractivity contribution in [3.63, 3.8) is 0 Å². The Morgan fingerprint density at radius 3 is 2.45 bits per heavy atom. The van der Waals surface area contributed by atoms with Gasteiger partial charge in [0.25, 0.3) is 5.91 Å². The predicted molar refractivity (Wildman–Crippen MR) is 72.9 cm³/mol. The second-order valence-corrected chi connectivity index (χ2v) is 4.95. The first kappa shape index (κ1) is 14.0. The quantitative estimate of drug-likeness (QED) is 0.479. The van der Waals surface area contributed by atoms with Crippen LogP contribution in [0.2, 0.25) is 0 Å². The van der Waals surface area contributed by atoms with E-state index < -0.39 is 23.4 Å². The lowest BCUT2D eigenvalue weighted by molar-refractivity contribution is -0.159. The zero-order valence-corrected chi connectivity index (χ0v) is 11.4. The van der Waals surface area contributed by atoms with Gasteiger partial charge in [-0.15, -0.1) is 0 Å². The van der Waals surface area contributed by atoms with Crippen LogP contribution in [0, 0.1) is 0 Å². The number of nitrogens with zero attached hydrogens (tertiary/aromatic N) is 1. The molecule has 1 aliphatic rings. The van der Waals surface area contributed by atoms with E-state index in [9.17, 15) is 14.4 Å². The van der Waals surface area contributed by atoms with Crippen LogP contribution in [0.1, 0.15) is 20.3 Å². The molecule has 5 heteroatoms. The summed E-state index contributed by atoms with van der Waals surface area (Å²) in [7, 11) is 0. The molecule has 0 aliphatic carbocycles. The van der Waals surface area contributed by atoms with Gasteiger partial charge in [0.1, 0.15) is 0 Å². The second-order valence-electron chi connectivity index (χ2n) is 4.95. The summed E-state index contributed by atoms with van der Waals surface area (Å²) in [6, 6.07) is 8.55. The van der Waals surface area contributed by atoms with Gasteiger partial charge in [-0.25, -0.2) is 9.69 Å². The van der Waals surface area contributed by atoms with E-state index in [0.29, 0.717) is 5.69 Å². The molecule has 2 rings (SSSR count). The first-order chi connectivity index (χ1) is 9.35. The molecule has 104 valence electrons. The molecule has 1 atom stereocenters. The van der Waals surface area contributed by atoms with E-state index in [4.69, 9.17) is 4.74 Å². The fraction of sp³-hybridized carbons (Fsp3) is 0.267. The van der Waals surface area contributed by atoms with Gasteiger partial charge in [0.05, 0.1) is 12.1 Å². The van der Waals surface area contributed by atoms with Crippen molar-refractivity contribution in [1.29, 1.82) is 0 Å². The number of para-hydroxylation sites is 1. The Bertz CT molecular complexity index is 593. The smallest absolute Gasteiger partial charge is 0.334 e. The third-order valence-electron chi connectivity index (χ3n) is 3.07. The van der Waals surface area contributed by atoms with Gasteiger partial charge >= 0.3 is 5.97 Å². The van der Waals surface area contributed by atoms with E-state index in [-0.39, 0.29) is 12.0 Å². The zero-order valence-electron chi connectivity index (χ0n) is 11.4. The molecule has 20 heavy (non-hydrogen) atoms. The molecular weight excluding hydrogens is 258 g/mol. The molecule has 0 radical (unpaired) electrons. The number of imide groups is 1. The van der Waals surface area contributed by atoms with Crippen molar-refractivity contribution in [2.75, 3.05) is 4.90 Å². The highest BCUT2D eigenvalue weighted by molar-refractivity contribution is 6.24. The van der Waals surface area contributed by atoms with E-state index in [2.05, 4.69) is 6.58 Å². The fourth-order valence-corrected chi connectivity index (χ4v) is 2.00. The molecule has 2 amide bonds. The average molecular weight is 273 g/mol. The molecule has 0 bridgehead atoms. The Hall–Kier alpha value is -2.43. The molecule has 1 aromatic carbocycles.